The maximum atomic E-state index is 14.5. The third kappa shape index (κ3) is 6.97. The van der Waals surface area contributed by atoms with Crippen LogP contribution in [0.5, 0.6) is 17.2 Å². The Morgan fingerprint density at radius 2 is 1.78 bits per heavy atom. The molecule has 0 saturated heterocycles. The third-order valence-electron chi connectivity index (χ3n) is 7.97. The monoisotopic (exact) mass is 716 g/mol. The molecule has 0 spiro atoms. The molecule has 0 bridgehead atoms. The number of hydrogen-bond donors (Lipinski definition) is 0. The van der Waals surface area contributed by atoms with Crippen LogP contribution in [0.15, 0.2) is 93.9 Å². The van der Waals surface area contributed by atoms with Crippen LogP contribution in [-0.2, 0) is 16.1 Å². The summed E-state index contributed by atoms with van der Waals surface area (Å²) >= 11 is 13.6. The lowest BCUT2D eigenvalue weighted by Crippen LogP contribution is -2.40. The van der Waals surface area contributed by atoms with Gasteiger partial charge in [0.15, 0.2) is 16.3 Å². The minimum absolute atomic E-state index is 0.0819. The molecule has 0 fully saturated rings. The Balaban J connectivity index is 1.52. The van der Waals surface area contributed by atoms with E-state index in [0.717, 1.165) is 21.9 Å². The molecule has 0 amide bonds. The lowest BCUT2D eigenvalue weighted by atomic mass is 9.95. The van der Waals surface area contributed by atoms with Gasteiger partial charge in [0.05, 0.1) is 51.7 Å². The predicted molar refractivity (Wildman–Crippen MR) is 194 cm³/mol. The fourth-order valence-electron chi connectivity index (χ4n) is 5.78. The fourth-order valence-corrected chi connectivity index (χ4v) is 7.13. The number of carbonyl (C=O) groups is 1. The van der Waals surface area contributed by atoms with Gasteiger partial charge < -0.3 is 18.9 Å². The maximum absolute atomic E-state index is 14.5. The molecule has 8 nitrogen and oxygen atoms in total. The van der Waals surface area contributed by atoms with Crippen molar-refractivity contribution >= 4 is 57.4 Å². The fraction of sp³-hybridized carbons (Fsp3) is 0.237. The number of halogens is 2. The summed E-state index contributed by atoms with van der Waals surface area (Å²) in [5.41, 5.74) is 2.65. The second-order valence-corrected chi connectivity index (χ2v) is 13.4. The number of nitrogens with zero attached hydrogens (tertiary/aromatic N) is 2. The first-order valence-electron chi connectivity index (χ1n) is 15.7. The van der Waals surface area contributed by atoms with Gasteiger partial charge in [0.1, 0.15) is 12.4 Å². The standard InChI is InChI=1S/C38H34Cl2N2O6S/c1-6-46-37(44)34-22(4)41-38-42(35(34)25-13-16-31(48-21(2)3)32(18-25)45-5)36(43)33(49-38)19-27-26-10-8-7-9-24(26)12-15-30(27)47-20-23-11-14-28(39)29(40)17-23/h7-19,21,35H,6,20H2,1-5H3/b33-19+/t35-/m0/s1. The Bertz CT molecular complexity index is 2290. The molecule has 0 radical (unpaired) electrons. The number of esters is 1. The SMILES string of the molecule is CCOC(=O)C1=C(C)N=c2s/c(=C/c3c(OCc4ccc(Cl)c(Cl)c4)ccc4ccccc34)c(=O)n2[C@H]1c1ccc(OC(C)C)c(OC)c1. The molecule has 2 heterocycles. The van der Waals surface area contributed by atoms with Crippen molar-refractivity contribution in [3.05, 3.63) is 130 Å². The van der Waals surface area contributed by atoms with Crippen LogP contribution in [0.3, 0.4) is 0 Å². The van der Waals surface area contributed by atoms with Crippen LogP contribution in [0.25, 0.3) is 16.8 Å². The largest absolute Gasteiger partial charge is 0.493 e. The van der Waals surface area contributed by atoms with E-state index in [1.165, 1.54) is 11.3 Å². The first kappa shape index (κ1) is 34.3. The molecule has 5 aromatic rings. The van der Waals surface area contributed by atoms with Crippen LogP contribution in [-0.4, -0.2) is 30.4 Å². The van der Waals surface area contributed by atoms with Gasteiger partial charge in [-0.1, -0.05) is 77.0 Å². The van der Waals surface area contributed by atoms with E-state index in [1.54, 1.807) is 49.8 Å². The highest BCUT2D eigenvalue weighted by Gasteiger charge is 2.34. The summed E-state index contributed by atoms with van der Waals surface area (Å²) in [5, 5.41) is 2.79. The summed E-state index contributed by atoms with van der Waals surface area (Å²) in [5.74, 6) is 1.07. The molecule has 6 rings (SSSR count). The number of carbonyl (C=O) groups excluding carboxylic acids is 1. The van der Waals surface area contributed by atoms with Crippen molar-refractivity contribution in [2.45, 2.75) is 46.4 Å². The molecule has 1 aliphatic heterocycles. The number of methoxy groups -OCH3 is 1. The molecule has 252 valence electrons. The Morgan fingerprint density at radius 1 is 1.00 bits per heavy atom. The van der Waals surface area contributed by atoms with Crippen molar-refractivity contribution in [3.63, 3.8) is 0 Å². The number of aromatic nitrogens is 1. The Morgan fingerprint density at radius 3 is 2.51 bits per heavy atom. The number of rotatable bonds is 10. The number of fused-ring (bicyclic) bond motifs is 2. The van der Waals surface area contributed by atoms with E-state index >= 15 is 0 Å². The molecule has 0 aliphatic carbocycles. The summed E-state index contributed by atoms with van der Waals surface area (Å²) in [6.07, 6.45) is 1.75. The average Bonchev–Trinajstić information content (AvgIpc) is 3.38. The maximum Gasteiger partial charge on any atom is 0.338 e. The van der Waals surface area contributed by atoms with Crippen molar-refractivity contribution < 1.29 is 23.7 Å². The van der Waals surface area contributed by atoms with E-state index in [2.05, 4.69) is 0 Å². The number of ether oxygens (including phenoxy) is 4. The van der Waals surface area contributed by atoms with Crippen LogP contribution in [0, 0.1) is 0 Å². The topological polar surface area (TPSA) is 88.4 Å². The van der Waals surface area contributed by atoms with Gasteiger partial charge in [-0.05, 0) is 86.0 Å². The number of benzene rings is 4. The van der Waals surface area contributed by atoms with Gasteiger partial charge in [0.25, 0.3) is 5.56 Å². The summed E-state index contributed by atoms with van der Waals surface area (Å²) in [6.45, 7) is 7.75. The molecular weight excluding hydrogens is 683 g/mol. The molecule has 11 heteroatoms. The Hall–Kier alpha value is -4.57. The second-order valence-electron chi connectivity index (χ2n) is 11.6. The van der Waals surface area contributed by atoms with Crippen molar-refractivity contribution in [1.29, 1.82) is 0 Å². The van der Waals surface area contributed by atoms with Crippen LogP contribution in [0.1, 0.15) is 50.4 Å². The zero-order chi connectivity index (χ0) is 34.8. The molecule has 0 saturated carbocycles. The third-order valence-corrected chi connectivity index (χ3v) is 9.69. The van der Waals surface area contributed by atoms with Gasteiger partial charge in [-0.15, -0.1) is 0 Å². The average molecular weight is 718 g/mol. The summed E-state index contributed by atoms with van der Waals surface area (Å²) in [6, 6.07) is 21.7. The molecule has 1 aromatic heterocycles. The second kappa shape index (κ2) is 14.5. The van der Waals surface area contributed by atoms with Gasteiger partial charge in [0, 0.05) is 5.56 Å². The van der Waals surface area contributed by atoms with E-state index in [1.807, 2.05) is 68.5 Å². The lowest BCUT2D eigenvalue weighted by molar-refractivity contribution is -0.139. The Kier molecular flexibility index (Phi) is 10.2. The van der Waals surface area contributed by atoms with Crippen LogP contribution >= 0.6 is 34.5 Å². The van der Waals surface area contributed by atoms with Gasteiger partial charge in [0.2, 0.25) is 0 Å². The van der Waals surface area contributed by atoms with E-state index in [9.17, 15) is 9.59 Å². The molecule has 1 aliphatic rings. The van der Waals surface area contributed by atoms with Gasteiger partial charge in [-0.2, -0.15) is 0 Å². The highest BCUT2D eigenvalue weighted by atomic mass is 35.5. The number of thiazole rings is 1. The van der Waals surface area contributed by atoms with Gasteiger partial charge >= 0.3 is 5.97 Å². The number of allylic oxidation sites excluding steroid dienone is 1. The van der Waals surface area contributed by atoms with Crippen molar-refractivity contribution in [2.24, 2.45) is 4.99 Å². The first-order chi connectivity index (χ1) is 23.6. The molecule has 1 atom stereocenters. The smallest absolute Gasteiger partial charge is 0.338 e. The zero-order valence-corrected chi connectivity index (χ0v) is 29.9. The molecule has 0 N–H and O–H groups in total. The summed E-state index contributed by atoms with van der Waals surface area (Å²) < 4.78 is 25.4. The number of hydrogen-bond acceptors (Lipinski definition) is 8. The molecule has 0 unspecified atom stereocenters. The van der Waals surface area contributed by atoms with Crippen molar-refractivity contribution in [3.8, 4) is 17.2 Å². The van der Waals surface area contributed by atoms with E-state index in [-0.39, 0.29) is 30.5 Å². The quantitative estimate of drug-likeness (QED) is 0.138. The van der Waals surface area contributed by atoms with Crippen LogP contribution in [0.4, 0.5) is 0 Å². The van der Waals surface area contributed by atoms with E-state index in [0.29, 0.717) is 47.9 Å². The molecule has 4 aromatic carbocycles. The summed E-state index contributed by atoms with van der Waals surface area (Å²) in [7, 11) is 1.55. The van der Waals surface area contributed by atoms with E-state index in [4.69, 9.17) is 47.1 Å². The lowest BCUT2D eigenvalue weighted by Gasteiger charge is -2.25. The molecular formula is C38H34Cl2N2O6S. The molecule has 49 heavy (non-hydrogen) atoms. The minimum Gasteiger partial charge on any atom is -0.493 e. The van der Waals surface area contributed by atoms with Crippen LogP contribution < -0.4 is 29.1 Å². The normalized spacial score (nSPS) is 14.5. The van der Waals surface area contributed by atoms with Gasteiger partial charge in [-0.3, -0.25) is 9.36 Å². The highest BCUT2D eigenvalue weighted by molar-refractivity contribution is 7.07. The van der Waals surface area contributed by atoms with Crippen LogP contribution in [0.2, 0.25) is 10.0 Å². The van der Waals surface area contributed by atoms with Crippen molar-refractivity contribution in [2.75, 3.05) is 13.7 Å². The summed E-state index contributed by atoms with van der Waals surface area (Å²) in [4.78, 5) is 33.1. The predicted octanol–water partition coefficient (Wildman–Crippen LogP) is 7.63. The first-order valence-corrected chi connectivity index (χ1v) is 17.3. The van der Waals surface area contributed by atoms with E-state index < -0.39 is 12.0 Å². The zero-order valence-electron chi connectivity index (χ0n) is 27.6. The highest BCUT2D eigenvalue weighted by Crippen LogP contribution is 2.37. The Labute approximate surface area is 297 Å². The minimum atomic E-state index is -0.822. The van der Waals surface area contributed by atoms with Gasteiger partial charge in [-0.25, -0.2) is 9.79 Å². The van der Waals surface area contributed by atoms with Crippen molar-refractivity contribution in [1.82, 2.24) is 4.57 Å².